The molecule has 0 aliphatic heterocycles. The summed E-state index contributed by atoms with van der Waals surface area (Å²) in [6, 6.07) is 8.86. The average molecular weight is 383 g/mol. The molecular weight excluding hydrogens is 340 g/mol. The van der Waals surface area contributed by atoms with Crippen LogP contribution in [0.25, 0.3) is 0 Å². The van der Waals surface area contributed by atoms with Crippen LogP contribution >= 0.6 is 0 Å². The number of hydrogen-bond acceptors (Lipinski definition) is 1. The summed E-state index contributed by atoms with van der Waals surface area (Å²) >= 11 is 0. The molecule has 0 heterocycles. The van der Waals surface area contributed by atoms with Gasteiger partial charge in [-0.15, -0.1) is 0 Å². The van der Waals surface area contributed by atoms with E-state index in [0.29, 0.717) is 0 Å². The van der Waals surface area contributed by atoms with Crippen molar-refractivity contribution in [2.45, 2.75) is 96.3 Å². The molecule has 0 unspecified atom stereocenters. The van der Waals surface area contributed by atoms with Crippen LogP contribution in [0.4, 0.5) is 0 Å². The highest BCUT2D eigenvalue weighted by atomic mass is 16.5. The SMILES string of the molecule is CCC1CCC(C2CCC(C3CCC(c4ccc(OC)cc4)CC3)CC2)CC1. The van der Waals surface area contributed by atoms with Crippen LogP contribution in [0.3, 0.4) is 0 Å². The van der Waals surface area contributed by atoms with Gasteiger partial charge in [-0.25, -0.2) is 0 Å². The molecule has 28 heavy (non-hydrogen) atoms. The first-order valence-electron chi connectivity index (χ1n) is 12.4. The van der Waals surface area contributed by atoms with Crippen LogP contribution in [-0.4, -0.2) is 7.11 Å². The van der Waals surface area contributed by atoms with Gasteiger partial charge in [-0.3, -0.25) is 0 Å². The zero-order chi connectivity index (χ0) is 19.3. The third kappa shape index (κ3) is 4.77. The van der Waals surface area contributed by atoms with Gasteiger partial charge in [0, 0.05) is 0 Å². The van der Waals surface area contributed by atoms with Crippen LogP contribution in [0, 0.1) is 29.6 Å². The molecule has 1 aromatic rings. The van der Waals surface area contributed by atoms with E-state index in [1.165, 1.54) is 63.4 Å². The molecule has 0 N–H and O–H groups in total. The Kier molecular flexibility index (Phi) is 7.02. The molecule has 0 spiro atoms. The Balaban J connectivity index is 1.21. The Morgan fingerprint density at radius 1 is 0.643 bits per heavy atom. The number of rotatable bonds is 5. The van der Waals surface area contributed by atoms with E-state index in [1.807, 2.05) is 0 Å². The van der Waals surface area contributed by atoms with Crippen LogP contribution in [-0.2, 0) is 0 Å². The molecule has 3 aliphatic rings. The third-order valence-corrected chi connectivity index (χ3v) is 8.98. The first kappa shape index (κ1) is 20.3. The Morgan fingerprint density at radius 3 is 1.50 bits per heavy atom. The molecule has 1 aromatic carbocycles. The van der Waals surface area contributed by atoms with Crippen molar-refractivity contribution < 1.29 is 4.74 Å². The Labute approximate surface area is 173 Å². The molecule has 0 radical (unpaired) electrons. The van der Waals surface area contributed by atoms with E-state index in [9.17, 15) is 0 Å². The number of ether oxygens (including phenoxy) is 1. The molecular formula is C27H42O. The maximum absolute atomic E-state index is 5.32. The Hall–Kier alpha value is -0.980. The highest BCUT2D eigenvalue weighted by Crippen LogP contribution is 2.47. The maximum Gasteiger partial charge on any atom is 0.118 e. The summed E-state index contributed by atoms with van der Waals surface area (Å²) in [5.41, 5.74) is 1.53. The Morgan fingerprint density at radius 2 is 1.07 bits per heavy atom. The van der Waals surface area contributed by atoms with Crippen LogP contribution < -0.4 is 4.74 Å². The van der Waals surface area contributed by atoms with Gasteiger partial charge in [0.1, 0.15) is 5.75 Å². The fourth-order valence-corrected chi connectivity index (χ4v) is 6.96. The van der Waals surface area contributed by atoms with Gasteiger partial charge in [0.15, 0.2) is 0 Å². The van der Waals surface area contributed by atoms with E-state index in [0.717, 1.165) is 41.3 Å². The summed E-state index contributed by atoms with van der Waals surface area (Å²) < 4.78 is 5.32. The van der Waals surface area contributed by atoms with Crippen molar-refractivity contribution in [1.82, 2.24) is 0 Å². The lowest BCUT2D eigenvalue weighted by molar-refractivity contribution is 0.109. The minimum absolute atomic E-state index is 0.784. The van der Waals surface area contributed by atoms with E-state index in [1.54, 1.807) is 32.8 Å². The summed E-state index contributed by atoms with van der Waals surface area (Å²) in [6.07, 6.45) is 19.5. The van der Waals surface area contributed by atoms with Crippen molar-refractivity contribution in [3.63, 3.8) is 0 Å². The standard InChI is InChI=1S/C27H42O/c1-3-20-4-6-21(7-5-20)22-8-10-23(11-9-22)24-12-14-25(15-13-24)26-16-18-27(28-2)19-17-26/h16-25H,3-15H2,1-2H3. The lowest BCUT2D eigenvalue weighted by atomic mass is 9.64. The van der Waals surface area contributed by atoms with Gasteiger partial charge in [-0.2, -0.15) is 0 Å². The summed E-state index contributed by atoms with van der Waals surface area (Å²) in [4.78, 5) is 0. The molecule has 3 fully saturated rings. The normalized spacial score (nSPS) is 36.8. The molecule has 0 atom stereocenters. The zero-order valence-electron chi connectivity index (χ0n) is 18.4. The van der Waals surface area contributed by atoms with Gasteiger partial charge in [0.05, 0.1) is 7.11 Å². The van der Waals surface area contributed by atoms with E-state index < -0.39 is 0 Å². The number of hydrogen-bond donors (Lipinski definition) is 0. The monoisotopic (exact) mass is 382 g/mol. The van der Waals surface area contributed by atoms with Crippen molar-refractivity contribution in [2.75, 3.05) is 7.11 Å². The van der Waals surface area contributed by atoms with E-state index in [4.69, 9.17) is 4.74 Å². The second kappa shape index (κ2) is 9.68. The molecule has 156 valence electrons. The molecule has 4 rings (SSSR count). The zero-order valence-corrected chi connectivity index (χ0v) is 18.4. The molecule has 3 aliphatic carbocycles. The Bertz CT molecular complexity index is 567. The summed E-state index contributed by atoms with van der Waals surface area (Å²) in [6.45, 7) is 2.39. The van der Waals surface area contributed by atoms with Crippen LogP contribution in [0.5, 0.6) is 5.75 Å². The van der Waals surface area contributed by atoms with Crippen molar-refractivity contribution >= 4 is 0 Å². The molecule has 3 saturated carbocycles. The van der Waals surface area contributed by atoms with Gasteiger partial charge in [-0.05, 0) is 117 Å². The van der Waals surface area contributed by atoms with Crippen molar-refractivity contribution in [3.05, 3.63) is 29.8 Å². The minimum atomic E-state index is 0.784. The fraction of sp³-hybridized carbons (Fsp3) is 0.778. The number of benzene rings is 1. The topological polar surface area (TPSA) is 9.23 Å². The first-order valence-corrected chi connectivity index (χ1v) is 12.4. The third-order valence-electron chi connectivity index (χ3n) is 8.98. The number of methoxy groups -OCH3 is 1. The van der Waals surface area contributed by atoms with Gasteiger partial charge in [-0.1, -0.05) is 38.3 Å². The quantitative estimate of drug-likeness (QED) is 0.501. The highest BCUT2D eigenvalue weighted by Gasteiger charge is 2.34. The minimum Gasteiger partial charge on any atom is -0.497 e. The first-order chi connectivity index (χ1) is 13.8. The largest absolute Gasteiger partial charge is 0.497 e. The summed E-state index contributed by atoms with van der Waals surface area (Å²) in [5.74, 6) is 7.03. The van der Waals surface area contributed by atoms with Crippen molar-refractivity contribution in [2.24, 2.45) is 29.6 Å². The maximum atomic E-state index is 5.32. The highest BCUT2D eigenvalue weighted by molar-refractivity contribution is 5.29. The van der Waals surface area contributed by atoms with Gasteiger partial charge < -0.3 is 4.74 Å². The van der Waals surface area contributed by atoms with Crippen LogP contribution in [0.1, 0.15) is 102 Å². The van der Waals surface area contributed by atoms with Crippen molar-refractivity contribution in [3.8, 4) is 5.75 Å². The molecule has 0 saturated heterocycles. The fourth-order valence-electron chi connectivity index (χ4n) is 6.96. The predicted molar refractivity (Wildman–Crippen MR) is 119 cm³/mol. The van der Waals surface area contributed by atoms with E-state index in [2.05, 4.69) is 31.2 Å². The van der Waals surface area contributed by atoms with E-state index >= 15 is 0 Å². The van der Waals surface area contributed by atoms with E-state index in [-0.39, 0.29) is 0 Å². The molecule has 0 amide bonds. The average Bonchev–Trinajstić information content (AvgIpc) is 2.79. The van der Waals surface area contributed by atoms with Crippen LogP contribution in [0.2, 0.25) is 0 Å². The van der Waals surface area contributed by atoms with Gasteiger partial charge >= 0.3 is 0 Å². The van der Waals surface area contributed by atoms with Crippen LogP contribution in [0.15, 0.2) is 24.3 Å². The van der Waals surface area contributed by atoms with Gasteiger partial charge in [0.2, 0.25) is 0 Å². The second-order valence-corrected chi connectivity index (χ2v) is 10.2. The molecule has 0 bridgehead atoms. The smallest absolute Gasteiger partial charge is 0.118 e. The summed E-state index contributed by atoms with van der Waals surface area (Å²) in [7, 11) is 1.76. The lowest BCUT2D eigenvalue weighted by Crippen LogP contribution is -2.29. The van der Waals surface area contributed by atoms with Crippen molar-refractivity contribution in [1.29, 1.82) is 0 Å². The van der Waals surface area contributed by atoms with Gasteiger partial charge in [0.25, 0.3) is 0 Å². The molecule has 1 heteroatoms. The molecule has 1 nitrogen and oxygen atoms in total. The second-order valence-electron chi connectivity index (χ2n) is 10.2. The predicted octanol–water partition coefficient (Wildman–Crippen LogP) is 7.99. The lowest BCUT2D eigenvalue weighted by Gasteiger charge is -2.41. The molecule has 0 aromatic heterocycles. The summed E-state index contributed by atoms with van der Waals surface area (Å²) in [5, 5.41) is 0.